The highest BCUT2D eigenvalue weighted by Gasteiger charge is 2.29. The molecule has 1 aromatic rings. The lowest BCUT2D eigenvalue weighted by Crippen LogP contribution is -2.44. The second-order valence-corrected chi connectivity index (χ2v) is 6.50. The Morgan fingerprint density at radius 3 is 2.71 bits per heavy atom. The van der Waals surface area contributed by atoms with Crippen LogP contribution in [0, 0.1) is 11.6 Å². The summed E-state index contributed by atoms with van der Waals surface area (Å²) in [7, 11) is 0. The van der Waals surface area contributed by atoms with Crippen LogP contribution in [0.1, 0.15) is 12.0 Å². The average molecular weight is 361 g/mol. The van der Waals surface area contributed by atoms with Crippen molar-refractivity contribution in [1.29, 1.82) is 0 Å². The molecule has 0 radical (unpaired) electrons. The standard InChI is InChI=1S/C15H19BrF2N2O/c16-13-1-2-14(17)12(15(13)18)10-19-4-3-11(9-19)20-5-7-21-8-6-20/h1-2,11H,3-10H2. The number of halogens is 3. The van der Waals surface area contributed by atoms with Gasteiger partial charge in [-0.05, 0) is 34.5 Å². The number of hydrogen-bond donors (Lipinski definition) is 0. The van der Waals surface area contributed by atoms with Gasteiger partial charge in [0.2, 0.25) is 0 Å². The summed E-state index contributed by atoms with van der Waals surface area (Å²) in [6.07, 6.45) is 1.05. The smallest absolute Gasteiger partial charge is 0.144 e. The summed E-state index contributed by atoms with van der Waals surface area (Å²) in [5, 5.41) is 0. The van der Waals surface area contributed by atoms with Crippen LogP contribution in [0.15, 0.2) is 16.6 Å². The fourth-order valence-electron chi connectivity index (χ4n) is 3.13. The molecule has 2 aliphatic rings. The molecule has 0 spiro atoms. The Balaban J connectivity index is 1.63. The molecule has 116 valence electrons. The van der Waals surface area contributed by atoms with Gasteiger partial charge in [0, 0.05) is 44.3 Å². The van der Waals surface area contributed by atoms with Crippen LogP contribution in [0.25, 0.3) is 0 Å². The molecule has 3 nitrogen and oxygen atoms in total. The van der Waals surface area contributed by atoms with Gasteiger partial charge in [-0.2, -0.15) is 0 Å². The van der Waals surface area contributed by atoms with Gasteiger partial charge in [0.15, 0.2) is 0 Å². The van der Waals surface area contributed by atoms with Crippen LogP contribution in [0.3, 0.4) is 0 Å². The number of rotatable bonds is 3. The number of morpholine rings is 1. The van der Waals surface area contributed by atoms with Crippen molar-refractivity contribution in [3.63, 3.8) is 0 Å². The summed E-state index contributed by atoms with van der Waals surface area (Å²) < 4.78 is 33.5. The summed E-state index contributed by atoms with van der Waals surface area (Å²) in [5.41, 5.74) is 0.159. The predicted octanol–water partition coefficient (Wildman–Crippen LogP) is 2.63. The van der Waals surface area contributed by atoms with Crippen molar-refractivity contribution in [2.75, 3.05) is 39.4 Å². The lowest BCUT2D eigenvalue weighted by Gasteiger charge is -2.32. The summed E-state index contributed by atoms with van der Waals surface area (Å²) in [6, 6.07) is 3.21. The maximum Gasteiger partial charge on any atom is 0.144 e. The van der Waals surface area contributed by atoms with Crippen molar-refractivity contribution >= 4 is 15.9 Å². The molecule has 0 saturated carbocycles. The lowest BCUT2D eigenvalue weighted by atomic mass is 10.2. The third kappa shape index (κ3) is 3.44. The van der Waals surface area contributed by atoms with Crippen molar-refractivity contribution in [3.8, 4) is 0 Å². The number of hydrogen-bond acceptors (Lipinski definition) is 3. The van der Waals surface area contributed by atoms with Crippen LogP contribution in [0.2, 0.25) is 0 Å². The zero-order valence-electron chi connectivity index (χ0n) is 11.8. The Hall–Kier alpha value is -0.560. The molecule has 0 N–H and O–H groups in total. The molecule has 2 heterocycles. The molecule has 2 saturated heterocycles. The molecule has 1 atom stereocenters. The topological polar surface area (TPSA) is 15.7 Å². The highest BCUT2D eigenvalue weighted by atomic mass is 79.9. The molecule has 0 amide bonds. The van der Waals surface area contributed by atoms with Crippen LogP contribution < -0.4 is 0 Å². The van der Waals surface area contributed by atoms with Crippen molar-refractivity contribution in [3.05, 3.63) is 33.8 Å². The minimum atomic E-state index is -0.482. The zero-order chi connectivity index (χ0) is 14.8. The Bertz CT molecular complexity index is 509. The van der Waals surface area contributed by atoms with Gasteiger partial charge in [0.1, 0.15) is 11.6 Å². The van der Waals surface area contributed by atoms with E-state index >= 15 is 0 Å². The second-order valence-electron chi connectivity index (χ2n) is 5.65. The predicted molar refractivity (Wildman–Crippen MR) is 80.1 cm³/mol. The van der Waals surface area contributed by atoms with Crippen molar-refractivity contribution in [1.82, 2.24) is 9.80 Å². The van der Waals surface area contributed by atoms with E-state index in [0.29, 0.717) is 17.1 Å². The maximum atomic E-state index is 14.0. The SMILES string of the molecule is Fc1ccc(Br)c(F)c1CN1CCC(N2CCOCC2)C1. The largest absolute Gasteiger partial charge is 0.379 e. The first-order valence-corrected chi connectivity index (χ1v) is 8.11. The third-order valence-corrected chi connectivity index (χ3v) is 4.94. The second kappa shape index (κ2) is 6.69. The summed E-state index contributed by atoms with van der Waals surface area (Å²) in [5.74, 6) is -0.949. The van der Waals surface area contributed by atoms with E-state index < -0.39 is 11.6 Å². The molecular weight excluding hydrogens is 342 g/mol. The van der Waals surface area contributed by atoms with Crippen molar-refractivity contribution in [2.24, 2.45) is 0 Å². The average Bonchev–Trinajstić information content (AvgIpc) is 2.97. The van der Waals surface area contributed by atoms with E-state index in [0.717, 1.165) is 45.8 Å². The first-order chi connectivity index (χ1) is 10.1. The Labute approximate surface area is 132 Å². The van der Waals surface area contributed by atoms with Crippen LogP contribution in [0.5, 0.6) is 0 Å². The molecule has 2 aliphatic heterocycles. The Morgan fingerprint density at radius 1 is 1.19 bits per heavy atom. The fourth-order valence-corrected chi connectivity index (χ4v) is 3.51. The third-order valence-electron chi connectivity index (χ3n) is 4.33. The molecule has 0 bridgehead atoms. The van der Waals surface area contributed by atoms with E-state index in [4.69, 9.17) is 4.74 Å². The highest BCUT2D eigenvalue weighted by Crippen LogP contribution is 2.25. The maximum absolute atomic E-state index is 14.0. The van der Waals surface area contributed by atoms with Gasteiger partial charge in [0.25, 0.3) is 0 Å². The van der Waals surface area contributed by atoms with Gasteiger partial charge >= 0.3 is 0 Å². The van der Waals surface area contributed by atoms with Gasteiger partial charge in [0.05, 0.1) is 17.7 Å². The van der Waals surface area contributed by atoms with Gasteiger partial charge < -0.3 is 4.74 Å². The molecule has 0 aliphatic carbocycles. The minimum Gasteiger partial charge on any atom is -0.379 e. The first-order valence-electron chi connectivity index (χ1n) is 7.31. The molecule has 21 heavy (non-hydrogen) atoms. The van der Waals surface area contributed by atoms with Gasteiger partial charge in [-0.1, -0.05) is 0 Å². The van der Waals surface area contributed by atoms with E-state index in [1.54, 1.807) is 0 Å². The summed E-state index contributed by atoms with van der Waals surface area (Å²) >= 11 is 3.12. The quantitative estimate of drug-likeness (QED) is 0.770. The van der Waals surface area contributed by atoms with Gasteiger partial charge in [-0.15, -0.1) is 0 Å². The summed E-state index contributed by atoms with van der Waals surface area (Å²) in [4.78, 5) is 4.56. The van der Waals surface area contributed by atoms with Crippen molar-refractivity contribution in [2.45, 2.75) is 19.0 Å². The van der Waals surface area contributed by atoms with E-state index in [-0.39, 0.29) is 5.56 Å². The van der Waals surface area contributed by atoms with Gasteiger partial charge in [-0.25, -0.2) is 8.78 Å². The minimum absolute atomic E-state index is 0.159. The Morgan fingerprint density at radius 2 is 1.95 bits per heavy atom. The number of nitrogens with zero attached hydrogens (tertiary/aromatic N) is 2. The molecule has 3 rings (SSSR count). The van der Waals surface area contributed by atoms with Crippen LogP contribution in [-0.4, -0.2) is 55.2 Å². The summed E-state index contributed by atoms with van der Waals surface area (Å²) in [6.45, 7) is 5.56. The molecule has 2 fully saturated rings. The normalized spacial score (nSPS) is 24.6. The fraction of sp³-hybridized carbons (Fsp3) is 0.600. The molecule has 0 aromatic heterocycles. The van der Waals surface area contributed by atoms with E-state index in [2.05, 4.69) is 25.7 Å². The molecule has 6 heteroatoms. The highest BCUT2D eigenvalue weighted by molar-refractivity contribution is 9.10. The van der Waals surface area contributed by atoms with Crippen LogP contribution in [-0.2, 0) is 11.3 Å². The van der Waals surface area contributed by atoms with E-state index in [9.17, 15) is 8.78 Å². The van der Waals surface area contributed by atoms with Crippen LogP contribution >= 0.6 is 15.9 Å². The van der Waals surface area contributed by atoms with Crippen molar-refractivity contribution < 1.29 is 13.5 Å². The van der Waals surface area contributed by atoms with Crippen LogP contribution in [0.4, 0.5) is 8.78 Å². The van der Waals surface area contributed by atoms with Gasteiger partial charge in [-0.3, -0.25) is 9.80 Å². The Kier molecular flexibility index (Phi) is 4.88. The van der Waals surface area contributed by atoms with E-state index in [1.807, 2.05) is 0 Å². The number of benzene rings is 1. The first kappa shape index (κ1) is 15.3. The lowest BCUT2D eigenvalue weighted by molar-refractivity contribution is 0.0183. The molecule has 1 aromatic carbocycles. The number of ether oxygens (including phenoxy) is 1. The van der Waals surface area contributed by atoms with E-state index in [1.165, 1.54) is 12.1 Å². The monoisotopic (exact) mass is 360 g/mol. The molecule has 1 unspecified atom stereocenters. The molecular formula is C15H19BrF2N2O. The zero-order valence-corrected chi connectivity index (χ0v) is 13.4. The number of likely N-dealkylation sites (tertiary alicyclic amines) is 1.